The van der Waals surface area contributed by atoms with Gasteiger partial charge in [-0.3, -0.25) is 4.40 Å². The van der Waals surface area contributed by atoms with E-state index in [1.165, 1.54) is 12.3 Å². The van der Waals surface area contributed by atoms with E-state index in [1.54, 1.807) is 0 Å². The second kappa shape index (κ2) is 2.63. The van der Waals surface area contributed by atoms with E-state index < -0.39 is 17.4 Å². The maximum Gasteiger partial charge on any atom is 0.417 e. The molecule has 0 aliphatic rings. The molecule has 3 nitrogen and oxygen atoms in total. The molecule has 0 radical (unpaired) electrons. The van der Waals surface area contributed by atoms with Gasteiger partial charge in [-0.05, 0) is 12.1 Å². The third-order valence-corrected chi connectivity index (χ3v) is 1.87. The quantitative estimate of drug-likeness (QED) is 0.692. The van der Waals surface area contributed by atoms with Crippen LogP contribution in [-0.4, -0.2) is 9.38 Å². The van der Waals surface area contributed by atoms with Crippen LogP contribution < -0.4 is 5.69 Å². The highest BCUT2D eigenvalue weighted by molar-refractivity contribution is 5.45. The summed E-state index contributed by atoms with van der Waals surface area (Å²) in [5.74, 6) is 0. The molecule has 0 amide bonds. The van der Waals surface area contributed by atoms with Crippen molar-refractivity contribution in [3.05, 3.63) is 40.6 Å². The minimum absolute atomic E-state index is 0.406. The molecule has 2 aromatic heterocycles. The molecule has 0 fully saturated rings. The van der Waals surface area contributed by atoms with Gasteiger partial charge in [-0.2, -0.15) is 13.2 Å². The zero-order chi connectivity index (χ0) is 10.3. The van der Waals surface area contributed by atoms with Gasteiger partial charge in [-0.1, -0.05) is 0 Å². The average Bonchev–Trinajstić information content (AvgIpc) is 2.46. The van der Waals surface area contributed by atoms with Crippen molar-refractivity contribution < 1.29 is 13.2 Å². The van der Waals surface area contributed by atoms with Gasteiger partial charge in [0.05, 0.1) is 11.1 Å². The Morgan fingerprint density at radius 3 is 2.64 bits per heavy atom. The third-order valence-electron chi connectivity index (χ3n) is 1.87. The molecule has 0 unspecified atom stereocenters. The van der Waals surface area contributed by atoms with Crippen molar-refractivity contribution in [1.29, 1.82) is 0 Å². The van der Waals surface area contributed by atoms with Gasteiger partial charge >= 0.3 is 11.9 Å². The normalized spacial score (nSPS) is 12.2. The highest BCUT2D eigenvalue weighted by atomic mass is 19.4. The van der Waals surface area contributed by atoms with Crippen LogP contribution in [0, 0.1) is 0 Å². The van der Waals surface area contributed by atoms with Crippen LogP contribution >= 0.6 is 0 Å². The number of nitrogens with zero attached hydrogens (tertiary/aromatic N) is 1. The number of hydrogen-bond acceptors (Lipinski definition) is 1. The lowest BCUT2D eigenvalue weighted by atomic mass is 10.2. The van der Waals surface area contributed by atoms with Crippen molar-refractivity contribution in [2.24, 2.45) is 0 Å². The molecule has 0 saturated heterocycles. The summed E-state index contributed by atoms with van der Waals surface area (Å²) in [6.07, 6.45) is -2.30. The van der Waals surface area contributed by atoms with Gasteiger partial charge in [0.15, 0.2) is 0 Å². The summed E-state index contributed by atoms with van der Waals surface area (Å²) in [6, 6.07) is 2.17. The monoisotopic (exact) mass is 202 g/mol. The van der Waals surface area contributed by atoms with Gasteiger partial charge in [-0.25, -0.2) is 4.79 Å². The van der Waals surface area contributed by atoms with Crippen LogP contribution in [0.4, 0.5) is 13.2 Å². The van der Waals surface area contributed by atoms with Crippen molar-refractivity contribution in [1.82, 2.24) is 9.38 Å². The smallest absolute Gasteiger partial charge is 0.312 e. The van der Waals surface area contributed by atoms with E-state index in [2.05, 4.69) is 4.98 Å². The molecule has 2 heterocycles. The Morgan fingerprint density at radius 2 is 2.00 bits per heavy atom. The molecule has 0 atom stereocenters. The summed E-state index contributed by atoms with van der Waals surface area (Å²) in [4.78, 5) is 13.3. The first-order valence-electron chi connectivity index (χ1n) is 3.75. The van der Waals surface area contributed by atoms with E-state index >= 15 is 0 Å². The average molecular weight is 202 g/mol. The van der Waals surface area contributed by atoms with E-state index in [0.29, 0.717) is 5.52 Å². The number of rotatable bonds is 0. The third kappa shape index (κ3) is 1.28. The maximum absolute atomic E-state index is 12.2. The minimum Gasteiger partial charge on any atom is -0.312 e. The number of hydrogen-bond donors (Lipinski definition) is 1. The molecule has 2 rings (SSSR count). The van der Waals surface area contributed by atoms with Crippen molar-refractivity contribution >= 4 is 5.52 Å². The van der Waals surface area contributed by atoms with Gasteiger partial charge in [0.2, 0.25) is 0 Å². The molecular weight excluding hydrogens is 197 g/mol. The van der Waals surface area contributed by atoms with Gasteiger partial charge in [0, 0.05) is 12.4 Å². The molecule has 0 bridgehead atoms. The van der Waals surface area contributed by atoms with Crippen molar-refractivity contribution in [2.45, 2.75) is 6.18 Å². The predicted octanol–water partition coefficient (Wildman–Crippen LogP) is 1.65. The molecule has 0 aromatic carbocycles. The lowest BCUT2D eigenvalue weighted by Crippen LogP contribution is -2.12. The highest BCUT2D eigenvalue weighted by Gasteiger charge is 2.30. The summed E-state index contributed by atoms with van der Waals surface area (Å²) in [5, 5.41) is 0. The Bertz CT molecular complexity index is 523. The predicted molar refractivity (Wildman–Crippen MR) is 43.0 cm³/mol. The molecule has 0 aliphatic carbocycles. The zero-order valence-corrected chi connectivity index (χ0v) is 6.80. The minimum atomic E-state index is -4.43. The number of halogens is 3. The van der Waals surface area contributed by atoms with Crippen LogP contribution in [0.15, 0.2) is 29.3 Å². The second-order valence-corrected chi connectivity index (χ2v) is 2.80. The summed E-state index contributed by atoms with van der Waals surface area (Å²) >= 11 is 0. The van der Waals surface area contributed by atoms with Crippen LogP contribution in [0.2, 0.25) is 0 Å². The molecule has 0 spiro atoms. The summed E-state index contributed by atoms with van der Waals surface area (Å²) < 4.78 is 37.6. The Balaban J connectivity index is 2.72. The van der Waals surface area contributed by atoms with Crippen molar-refractivity contribution in [3.8, 4) is 0 Å². The molecule has 14 heavy (non-hydrogen) atoms. The van der Waals surface area contributed by atoms with Crippen LogP contribution in [0.25, 0.3) is 5.52 Å². The van der Waals surface area contributed by atoms with E-state index in [0.717, 1.165) is 16.7 Å². The number of pyridine rings is 1. The summed E-state index contributed by atoms with van der Waals surface area (Å²) in [6.45, 7) is 0. The molecule has 1 N–H and O–H groups in total. The Hall–Kier alpha value is -1.72. The van der Waals surface area contributed by atoms with Crippen LogP contribution in [0.3, 0.4) is 0 Å². The number of fused-ring (bicyclic) bond motifs is 1. The maximum atomic E-state index is 12.2. The number of nitrogens with one attached hydrogen (secondary N) is 1. The number of alkyl halides is 3. The first kappa shape index (κ1) is 8.86. The first-order valence-corrected chi connectivity index (χ1v) is 3.75. The fraction of sp³-hybridized carbons (Fsp3) is 0.125. The Morgan fingerprint density at radius 1 is 1.29 bits per heavy atom. The molecule has 6 heteroatoms. The lowest BCUT2D eigenvalue weighted by Gasteiger charge is -2.05. The van der Waals surface area contributed by atoms with E-state index in [-0.39, 0.29) is 0 Å². The Labute approximate surface area is 75.8 Å². The van der Waals surface area contributed by atoms with Crippen molar-refractivity contribution in [3.63, 3.8) is 0 Å². The molecule has 74 valence electrons. The Kier molecular flexibility index (Phi) is 1.67. The molecule has 2 aromatic rings. The van der Waals surface area contributed by atoms with E-state index in [9.17, 15) is 18.0 Å². The largest absolute Gasteiger partial charge is 0.417 e. The lowest BCUT2D eigenvalue weighted by molar-refractivity contribution is -0.137. The summed E-state index contributed by atoms with van der Waals surface area (Å²) in [7, 11) is 0. The van der Waals surface area contributed by atoms with E-state index in [4.69, 9.17) is 0 Å². The van der Waals surface area contributed by atoms with Crippen LogP contribution in [0.5, 0.6) is 0 Å². The summed E-state index contributed by atoms with van der Waals surface area (Å²) in [5.41, 5.74) is -1.01. The van der Waals surface area contributed by atoms with Crippen molar-refractivity contribution in [2.75, 3.05) is 0 Å². The topological polar surface area (TPSA) is 37.3 Å². The molecular formula is C8H5F3N2O. The van der Waals surface area contributed by atoms with Crippen LogP contribution in [0.1, 0.15) is 5.56 Å². The van der Waals surface area contributed by atoms with Gasteiger partial charge < -0.3 is 4.98 Å². The van der Waals surface area contributed by atoms with E-state index in [1.807, 2.05) is 0 Å². The highest BCUT2D eigenvalue weighted by Crippen LogP contribution is 2.28. The number of imidazole rings is 1. The second-order valence-electron chi connectivity index (χ2n) is 2.80. The number of H-pyrrole nitrogens is 1. The fourth-order valence-electron chi connectivity index (χ4n) is 1.18. The standard InChI is InChI=1S/C8H5F3N2O/c9-8(10,11)5-1-2-6-3-12-7(14)13(6)4-5/h1-4H,(H,12,14). The van der Waals surface area contributed by atoms with Gasteiger partial charge in [-0.15, -0.1) is 0 Å². The molecule has 0 aliphatic heterocycles. The fourth-order valence-corrected chi connectivity index (χ4v) is 1.18. The zero-order valence-electron chi connectivity index (χ0n) is 6.80. The number of aromatic amines is 1. The first-order chi connectivity index (χ1) is 6.48. The molecule has 0 saturated carbocycles. The number of aromatic nitrogens is 2. The van der Waals surface area contributed by atoms with Gasteiger partial charge in [0.1, 0.15) is 0 Å². The SMILES string of the molecule is O=c1[nH]cc2ccc(C(F)(F)F)cn12. The van der Waals surface area contributed by atoms with Gasteiger partial charge in [0.25, 0.3) is 0 Å². The van der Waals surface area contributed by atoms with Crippen LogP contribution in [-0.2, 0) is 6.18 Å².